The number of carbonyl (C=O) groups is 1. The molecule has 1 aromatic rings. The Morgan fingerprint density at radius 1 is 1.39 bits per heavy atom. The molecule has 5 heteroatoms. The summed E-state index contributed by atoms with van der Waals surface area (Å²) in [6, 6.07) is 0.234. The zero-order valence-corrected chi connectivity index (χ0v) is 12.7. The molecule has 0 fully saturated rings. The van der Waals surface area contributed by atoms with Crippen LogP contribution in [0.15, 0.2) is 11.4 Å². The quantitative estimate of drug-likeness (QED) is 0.858. The maximum atomic E-state index is 11.6. The third kappa shape index (κ3) is 3.59. The molecule has 1 N–H and O–H groups in total. The van der Waals surface area contributed by atoms with Crippen LogP contribution in [0, 0.1) is 0 Å². The molecule has 0 saturated heterocycles. The number of hydrogen-bond donors (Lipinski definition) is 1. The molecule has 0 radical (unpaired) electrons. The first-order valence-corrected chi connectivity index (χ1v) is 6.93. The van der Waals surface area contributed by atoms with Crippen molar-refractivity contribution >= 4 is 16.9 Å². The van der Waals surface area contributed by atoms with Gasteiger partial charge in [-0.1, -0.05) is 20.8 Å². The molecule has 1 rings (SSSR count). The largest absolute Gasteiger partial charge is 0.385 e. The first-order valence-electron chi connectivity index (χ1n) is 6.12. The van der Waals surface area contributed by atoms with Crippen molar-refractivity contribution in [2.75, 3.05) is 0 Å². The summed E-state index contributed by atoms with van der Waals surface area (Å²) in [6.45, 7) is 11.8. The number of imidazole rings is 1. The van der Waals surface area contributed by atoms with Gasteiger partial charge in [-0.05, 0) is 32.5 Å². The molecule has 0 unspecified atom stereocenters. The Bertz CT molecular complexity index is 431. The van der Waals surface area contributed by atoms with Gasteiger partial charge in [0.1, 0.15) is 6.10 Å². The number of aliphatic hydroxyl groups is 1. The van der Waals surface area contributed by atoms with Crippen molar-refractivity contribution in [3.8, 4) is 0 Å². The number of hydrogen-bond acceptors (Lipinski definition) is 4. The van der Waals surface area contributed by atoms with E-state index in [4.69, 9.17) is 0 Å². The van der Waals surface area contributed by atoms with E-state index in [2.05, 4.69) is 25.8 Å². The maximum Gasteiger partial charge on any atom is 0.224 e. The minimum Gasteiger partial charge on any atom is -0.385 e. The first kappa shape index (κ1) is 15.2. The molecule has 0 aliphatic heterocycles. The number of aliphatic hydroxyl groups excluding tert-OH is 1. The third-order valence-electron chi connectivity index (χ3n) is 2.56. The molecule has 18 heavy (non-hydrogen) atoms. The molecule has 0 aliphatic rings. The molecule has 0 spiro atoms. The van der Waals surface area contributed by atoms with Crippen molar-refractivity contribution in [3.63, 3.8) is 0 Å². The van der Waals surface area contributed by atoms with Gasteiger partial charge in [-0.15, -0.1) is 0 Å². The second-order valence-electron chi connectivity index (χ2n) is 5.76. The summed E-state index contributed by atoms with van der Waals surface area (Å²) < 4.78 is 1.98. The fraction of sp³-hybridized carbons (Fsp3) is 0.692. The van der Waals surface area contributed by atoms with Gasteiger partial charge in [-0.25, -0.2) is 4.98 Å². The molecule has 0 bridgehead atoms. The standard InChI is InChI=1S/C13H22N2O2S/c1-8(2)15-7-10(13(4,5)6)14-12(15)18-11(17)9(3)16/h7-9,16H,1-6H3/t9-/m0/s1. The molecule has 0 aromatic carbocycles. The van der Waals surface area contributed by atoms with E-state index < -0.39 is 6.10 Å². The van der Waals surface area contributed by atoms with Crippen LogP contribution >= 0.6 is 11.8 Å². The van der Waals surface area contributed by atoms with Gasteiger partial charge in [0.15, 0.2) is 5.16 Å². The summed E-state index contributed by atoms with van der Waals surface area (Å²) in [5.74, 6) is 0. The van der Waals surface area contributed by atoms with Gasteiger partial charge in [0.25, 0.3) is 0 Å². The van der Waals surface area contributed by atoms with Crippen molar-refractivity contribution in [2.45, 2.75) is 64.3 Å². The van der Waals surface area contributed by atoms with Gasteiger partial charge in [-0.3, -0.25) is 4.79 Å². The fourth-order valence-corrected chi connectivity index (χ4v) is 2.22. The van der Waals surface area contributed by atoms with Crippen LogP contribution < -0.4 is 0 Å². The number of aromatic nitrogens is 2. The highest BCUT2D eigenvalue weighted by atomic mass is 32.2. The predicted molar refractivity (Wildman–Crippen MR) is 73.9 cm³/mol. The summed E-state index contributed by atoms with van der Waals surface area (Å²) in [5.41, 5.74) is 0.903. The smallest absolute Gasteiger partial charge is 0.224 e. The minimum absolute atomic E-state index is 0.0523. The monoisotopic (exact) mass is 270 g/mol. The molecule has 1 atom stereocenters. The van der Waals surface area contributed by atoms with E-state index in [-0.39, 0.29) is 16.6 Å². The van der Waals surface area contributed by atoms with Gasteiger partial charge in [0.2, 0.25) is 5.12 Å². The van der Waals surface area contributed by atoms with Crippen LogP contribution in [-0.2, 0) is 10.2 Å². The molecule has 1 aromatic heterocycles. The van der Waals surface area contributed by atoms with E-state index in [0.29, 0.717) is 5.16 Å². The van der Waals surface area contributed by atoms with Crippen molar-refractivity contribution in [2.24, 2.45) is 0 Å². The Kier molecular flexibility index (Phi) is 4.61. The van der Waals surface area contributed by atoms with Crippen LogP contribution in [0.3, 0.4) is 0 Å². The van der Waals surface area contributed by atoms with E-state index in [1.807, 2.05) is 24.6 Å². The lowest BCUT2D eigenvalue weighted by atomic mass is 9.93. The number of nitrogens with zero attached hydrogens (tertiary/aromatic N) is 2. The molecule has 102 valence electrons. The number of carbonyl (C=O) groups excluding carboxylic acids is 1. The first-order chi connectivity index (χ1) is 8.12. The SMILES string of the molecule is CC(C)n1cc(C(C)(C)C)nc1SC(=O)[C@H](C)O. The minimum atomic E-state index is -0.967. The lowest BCUT2D eigenvalue weighted by Gasteiger charge is -2.14. The summed E-state index contributed by atoms with van der Waals surface area (Å²) >= 11 is 1.01. The normalized spacial score (nSPS) is 14.0. The summed E-state index contributed by atoms with van der Waals surface area (Å²) in [6.07, 6.45) is 1.02. The van der Waals surface area contributed by atoms with Gasteiger partial charge in [0, 0.05) is 17.7 Å². The van der Waals surface area contributed by atoms with Gasteiger partial charge >= 0.3 is 0 Å². The molecule has 1 heterocycles. The molecular weight excluding hydrogens is 248 g/mol. The lowest BCUT2D eigenvalue weighted by molar-refractivity contribution is -0.117. The highest BCUT2D eigenvalue weighted by Crippen LogP contribution is 2.28. The third-order valence-corrected chi connectivity index (χ3v) is 3.58. The zero-order valence-electron chi connectivity index (χ0n) is 11.9. The van der Waals surface area contributed by atoms with E-state index >= 15 is 0 Å². The fourth-order valence-electron chi connectivity index (χ4n) is 1.36. The van der Waals surface area contributed by atoms with Gasteiger partial charge < -0.3 is 9.67 Å². The van der Waals surface area contributed by atoms with E-state index in [1.165, 1.54) is 6.92 Å². The Balaban J connectivity index is 3.10. The van der Waals surface area contributed by atoms with Crippen LogP contribution in [0.1, 0.15) is 53.3 Å². The Morgan fingerprint density at radius 3 is 2.33 bits per heavy atom. The van der Waals surface area contributed by atoms with E-state index in [9.17, 15) is 9.90 Å². The maximum absolute atomic E-state index is 11.6. The van der Waals surface area contributed by atoms with Crippen molar-refractivity contribution < 1.29 is 9.90 Å². The molecule has 4 nitrogen and oxygen atoms in total. The Labute approximate surface area is 113 Å². The van der Waals surface area contributed by atoms with Crippen LogP contribution in [-0.4, -0.2) is 25.9 Å². The highest BCUT2D eigenvalue weighted by Gasteiger charge is 2.23. The van der Waals surface area contributed by atoms with Crippen molar-refractivity contribution in [1.29, 1.82) is 0 Å². The number of thioether (sulfide) groups is 1. The van der Waals surface area contributed by atoms with Crippen LogP contribution in [0.4, 0.5) is 0 Å². The zero-order chi connectivity index (χ0) is 14.1. The van der Waals surface area contributed by atoms with E-state index in [1.54, 1.807) is 0 Å². The second kappa shape index (κ2) is 5.45. The van der Waals surface area contributed by atoms with Crippen LogP contribution in [0.25, 0.3) is 0 Å². The predicted octanol–water partition coefficient (Wildman–Crippen LogP) is 2.76. The Morgan fingerprint density at radius 2 is 1.94 bits per heavy atom. The van der Waals surface area contributed by atoms with Gasteiger partial charge in [0.05, 0.1) is 5.69 Å². The molecule has 0 aliphatic carbocycles. The van der Waals surface area contributed by atoms with Gasteiger partial charge in [-0.2, -0.15) is 0 Å². The summed E-state index contributed by atoms with van der Waals surface area (Å²) in [7, 11) is 0. The summed E-state index contributed by atoms with van der Waals surface area (Å²) in [5, 5.41) is 9.65. The average Bonchev–Trinajstić information content (AvgIpc) is 2.60. The lowest BCUT2D eigenvalue weighted by Crippen LogP contribution is -2.13. The second-order valence-corrected chi connectivity index (χ2v) is 6.73. The Hall–Kier alpha value is -0.810. The highest BCUT2D eigenvalue weighted by molar-refractivity contribution is 8.13. The number of rotatable bonds is 3. The van der Waals surface area contributed by atoms with Crippen molar-refractivity contribution in [1.82, 2.24) is 9.55 Å². The summed E-state index contributed by atoms with van der Waals surface area (Å²) in [4.78, 5) is 16.1. The molecular formula is C13H22N2O2S. The van der Waals surface area contributed by atoms with E-state index in [0.717, 1.165) is 17.5 Å². The van der Waals surface area contributed by atoms with Crippen LogP contribution in [0.2, 0.25) is 0 Å². The molecule has 0 saturated carbocycles. The van der Waals surface area contributed by atoms with Crippen LogP contribution in [0.5, 0.6) is 0 Å². The topological polar surface area (TPSA) is 55.1 Å². The average molecular weight is 270 g/mol. The van der Waals surface area contributed by atoms with Crippen molar-refractivity contribution in [3.05, 3.63) is 11.9 Å². The molecule has 0 amide bonds.